The van der Waals surface area contributed by atoms with Crippen molar-refractivity contribution in [3.05, 3.63) is 63.0 Å². The fourth-order valence-corrected chi connectivity index (χ4v) is 4.94. The van der Waals surface area contributed by atoms with Gasteiger partial charge in [-0.3, -0.25) is 14.7 Å². The molecule has 12 heteroatoms. The van der Waals surface area contributed by atoms with Gasteiger partial charge in [-0.15, -0.1) is 11.3 Å². The van der Waals surface area contributed by atoms with Crippen LogP contribution in [0.2, 0.25) is 0 Å². The molecule has 2 N–H and O–H groups in total. The van der Waals surface area contributed by atoms with E-state index in [1.807, 2.05) is 6.92 Å². The van der Waals surface area contributed by atoms with Crippen LogP contribution in [0.5, 0.6) is 0 Å². The van der Waals surface area contributed by atoms with Crippen molar-refractivity contribution in [2.75, 3.05) is 20.2 Å². The first-order chi connectivity index (χ1) is 16.6. The molecule has 0 bridgehead atoms. The Kier molecular flexibility index (Phi) is 6.95. The van der Waals surface area contributed by atoms with E-state index in [4.69, 9.17) is 4.74 Å². The Morgan fingerprint density at radius 1 is 1.31 bits per heavy atom. The number of nitrogens with zero attached hydrogens (tertiary/aromatic N) is 3. The highest BCUT2D eigenvalue weighted by Crippen LogP contribution is 2.34. The molecule has 2 aromatic rings. The van der Waals surface area contributed by atoms with Gasteiger partial charge in [0.1, 0.15) is 11.9 Å². The average molecular weight is 509 g/mol. The molecule has 186 valence electrons. The zero-order chi connectivity index (χ0) is 25.3. The Balaban J connectivity index is 1.76. The number of ether oxygens (including phenoxy) is 1. The second kappa shape index (κ2) is 9.78. The maximum absolute atomic E-state index is 14.1. The lowest BCUT2D eigenvalue weighted by Gasteiger charge is -2.30. The summed E-state index contributed by atoms with van der Waals surface area (Å²) in [6, 6.07) is 3.49. The molecular weight excluding hydrogens is 485 g/mol. The van der Waals surface area contributed by atoms with Crippen LogP contribution in [0.15, 0.2) is 46.7 Å². The van der Waals surface area contributed by atoms with Gasteiger partial charge in [0.15, 0.2) is 10.8 Å². The molecule has 4 rings (SSSR count). The van der Waals surface area contributed by atoms with E-state index in [1.54, 1.807) is 18.3 Å². The first-order valence-electron chi connectivity index (χ1n) is 10.7. The average Bonchev–Trinajstić information content (AvgIpc) is 3.37. The number of carboxylic acid groups (broad SMARTS) is 1. The molecule has 0 aliphatic carbocycles. The molecule has 1 saturated heterocycles. The fourth-order valence-electron chi connectivity index (χ4n) is 4.22. The molecule has 0 spiro atoms. The number of aliphatic imine (C=N–C) groups is 1. The second-order valence-electron chi connectivity index (χ2n) is 8.43. The summed E-state index contributed by atoms with van der Waals surface area (Å²) in [5, 5.41) is 13.0. The number of rotatable bonds is 7. The zero-order valence-electron chi connectivity index (χ0n) is 18.9. The van der Waals surface area contributed by atoms with Gasteiger partial charge >= 0.3 is 11.9 Å². The van der Waals surface area contributed by atoms with Crippen LogP contribution in [0.4, 0.5) is 13.2 Å². The number of carbonyl (C=O) groups excluding carboxylic acids is 1. The number of carbonyl (C=O) groups is 2. The first kappa shape index (κ1) is 24.9. The van der Waals surface area contributed by atoms with Crippen molar-refractivity contribution in [1.29, 1.82) is 0 Å². The number of hydrogen-bond donors (Lipinski definition) is 2. The minimum Gasteiger partial charge on any atom is -0.480 e. The Hall–Kier alpha value is -3.25. The number of esters is 1. The molecule has 0 saturated carbocycles. The van der Waals surface area contributed by atoms with Crippen molar-refractivity contribution in [1.82, 2.24) is 15.2 Å². The van der Waals surface area contributed by atoms with Gasteiger partial charge in [0.2, 0.25) is 0 Å². The molecule has 1 fully saturated rings. The van der Waals surface area contributed by atoms with E-state index in [1.165, 1.54) is 30.6 Å². The van der Waals surface area contributed by atoms with Crippen molar-refractivity contribution in [3.8, 4) is 0 Å². The van der Waals surface area contributed by atoms with Crippen LogP contribution in [0.1, 0.15) is 21.9 Å². The number of thiazole rings is 1. The highest BCUT2D eigenvalue weighted by molar-refractivity contribution is 7.13. The second-order valence-corrected chi connectivity index (χ2v) is 9.66. The predicted octanol–water partition coefficient (Wildman–Crippen LogP) is 2.77. The molecule has 1 aromatic carbocycles. The topological polar surface area (TPSA) is 104 Å². The van der Waals surface area contributed by atoms with Crippen LogP contribution >= 0.6 is 11.3 Å². The van der Waals surface area contributed by atoms with Gasteiger partial charge in [-0.25, -0.2) is 22.9 Å². The number of aliphatic carboxylic acids is 1. The number of likely N-dealkylation sites (tertiary alicyclic amines) is 1. The highest BCUT2D eigenvalue weighted by Gasteiger charge is 2.49. The quantitative estimate of drug-likeness (QED) is 0.555. The monoisotopic (exact) mass is 508 g/mol. The van der Waals surface area contributed by atoms with Crippen LogP contribution in [0.3, 0.4) is 0 Å². The van der Waals surface area contributed by atoms with Gasteiger partial charge in [0, 0.05) is 29.7 Å². The predicted molar refractivity (Wildman–Crippen MR) is 122 cm³/mol. The van der Waals surface area contributed by atoms with Gasteiger partial charge < -0.3 is 15.2 Å². The number of carboxylic acids is 1. The summed E-state index contributed by atoms with van der Waals surface area (Å²) in [4.78, 5) is 35.5. The number of hydrogen-bond acceptors (Lipinski definition) is 8. The van der Waals surface area contributed by atoms with E-state index in [2.05, 4.69) is 15.3 Å². The highest BCUT2D eigenvalue weighted by atomic mass is 32.1. The Morgan fingerprint density at radius 2 is 2.03 bits per heavy atom. The van der Waals surface area contributed by atoms with Gasteiger partial charge in [-0.2, -0.15) is 0 Å². The van der Waals surface area contributed by atoms with Crippen molar-refractivity contribution in [2.45, 2.75) is 37.8 Å². The third-order valence-corrected chi connectivity index (χ3v) is 6.72. The Bertz CT molecular complexity index is 1200. The smallest absolute Gasteiger partial charge is 0.337 e. The molecule has 0 amide bonds. The largest absolute Gasteiger partial charge is 0.480 e. The number of methoxy groups -OCH3 is 1. The molecule has 8 nitrogen and oxygen atoms in total. The minimum atomic E-state index is -3.18. The molecule has 2 aliphatic heterocycles. The molecule has 0 unspecified atom stereocenters. The van der Waals surface area contributed by atoms with Crippen LogP contribution < -0.4 is 5.32 Å². The standard InChI is InChI=1S/C23H23F3N4O4S/c1-12-9-27-20(35-12)19-28-15(7-13-3-5-14(24)6-4-13)18(22(33)34-2)16(29-19)10-30-11-23(25,26)8-17(30)21(31)32/h3-6,9,15,17H,7-8,10-11H2,1-2H3,(H,28,29)(H,31,32)/t15-,17-/m0/s1. The summed E-state index contributed by atoms with van der Waals surface area (Å²) < 4.78 is 46.6. The lowest BCUT2D eigenvalue weighted by atomic mass is 9.95. The van der Waals surface area contributed by atoms with Gasteiger partial charge in [0.05, 0.1) is 25.3 Å². The molecule has 0 radical (unpaired) electrons. The first-order valence-corrected chi connectivity index (χ1v) is 11.6. The SMILES string of the molecule is COC(=O)C1=C(CN2CC(F)(F)C[C@H]2C(=O)O)NC(c2ncc(C)s2)=N[C@H]1Cc1ccc(F)cc1. The van der Waals surface area contributed by atoms with Crippen LogP contribution in [0, 0.1) is 12.7 Å². The number of halogens is 3. The molecule has 2 aliphatic rings. The van der Waals surface area contributed by atoms with Gasteiger partial charge in [-0.05, 0) is 31.0 Å². The van der Waals surface area contributed by atoms with E-state index in [0.717, 1.165) is 9.78 Å². The third kappa shape index (κ3) is 5.54. The molecule has 2 atom stereocenters. The van der Waals surface area contributed by atoms with Gasteiger partial charge in [0.25, 0.3) is 5.92 Å². The van der Waals surface area contributed by atoms with E-state index in [-0.39, 0.29) is 24.2 Å². The third-order valence-electron chi connectivity index (χ3n) is 5.80. The summed E-state index contributed by atoms with van der Waals surface area (Å²) in [6.45, 7) is 0.830. The van der Waals surface area contributed by atoms with Crippen molar-refractivity contribution >= 4 is 29.1 Å². The number of aryl methyl sites for hydroxylation is 1. The minimum absolute atomic E-state index is 0.0909. The van der Waals surface area contributed by atoms with Crippen LogP contribution in [-0.4, -0.2) is 71.0 Å². The van der Waals surface area contributed by atoms with E-state index >= 15 is 0 Å². The number of amidine groups is 1. The number of benzene rings is 1. The summed E-state index contributed by atoms with van der Waals surface area (Å²) in [5.74, 6) is -5.36. The summed E-state index contributed by atoms with van der Waals surface area (Å²) in [6.07, 6.45) is 1.02. The van der Waals surface area contributed by atoms with Gasteiger partial charge in [-0.1, -0.05) is 12.1 Å². The van der Waals surface area contributed by atoms with Crippen LogP contribution in [-0.2, 0) is 20.7 Å². The van der Waals surface area contributed by atoms with Crippen molar-refractivity contribution in [3.63, 3.8) is 0 Å². The van der Waals surface area contributed by atoms with E-state index in [9.17, 15) is 27.9 Å². The van der Waals surface area contributed by atoms with Crippen molar-refractivity contribution in [2.24, 2.45) is 4.99 Å². The summed E-state index contributed by atoms with van der Waals surface area (Å²) in [7, 11) is 1.19. The molecule has 3 heterocycles. The molecule has 1 aromatic heterocycles. The summed E-state index contributed by atoms with van der Waals surface area (Å²) >= 11 is 1.35. The van der Waals surface area contributed by atoms with E-state index in [0.29, 0.717) is 16.4 Å². The summed E-state index contributed by atoms with van der Waals surface area (Å²) in [5.41, 5.74) is 0.993. The maximum Gasteiger partial charge on any atom is 0.337 e. The lowest BCUT2D eigenvalue weighted by molar-refractivity contribution is -0.142. The molecular formula is C23H23F3N4O4S. The van der Waals surface area contributed by atoms with Crippen molar-refractivity contribution < 1.29 is 32.6 Å². The number of nitrogens with one attached hydrogen (secondary N) is 1. The normalized spacial score (nSPS) is 22.0. The fraction of sp³-hybridized carbons (Fsp3) is 0.391. The molecule has 35 heavy (non-hydrogen) atoms. The lowest BCUT2D eigenvalue weighted by Crippen LogP contribution is -2.44. The Morgan fingerprint density at radius 3 is 2.63 bits per heavy atom. The number of alkyl halides is 2. The van der Waals surface area contributed by atoms with E-state index < -0.39 is 48.7 Å². The number of aromatic nitrogens is 1. The maximum atomic E-state index is 14.1. The van der Waals surface area contributed by atoms with Crippen LogP contribution in [0.25, 0.3) is 0 Å². The Labute approximate surface area is 203 Å². The zero-order valence-corrected chi connectivity index (χ0v) is 19.7.